The molecular formula is C15H9ClF3N3O. The van der Waals surface area contributed by atoms with Crippen molar-refractivity contribution in [3.05, 3.63) is 58.4 Å². The number of hydrogen-bond donors (Lipinski definition) is 1. The number of aromatic nitrogens is 1. The molecule has 0 saturated heterocycles. The fourth-order valence-electron chi connectivity index (χ4n) is 2.32. The summed E-state index contributed by atoms with van der Waals surface area (Å²) in [6, 6.07) is 7.48. The van der Waals surface area contributed by atoms with E-state index in [-0.39, 0.29) is 23.0 Å². The predicted octanol–water partition coefficient (Wildman–Crippen LogP) is 3.67. The Balaban J connectivity index is 1.94. The highest BCUT2D eigenvalue weighted by molar-refractivity contribution is 6.53. The summed E-state index contributed by atoms with van der Waals surface area (Å²) in [5, 5.41) is 7.63. The van der Waals surface area contributed by atoms with Gasteiger partial charge in [-0.3, -0.25) is 15.2 Å². The number of benzene rings is 1. The minimum Gasteiger partial charge on any atom is -0.300 e. The molecule has 0 radical (unpaired) electrons. The summed E-state index contributed by atoms with van der Waals surface area (Å²) in [7, 11) is 0. The molecule has 118 valence electrons. The van der Waals surface area contributed by atoms with Crippen molar-refractivity contribution < 1.29 is 18.0 Å². The van der Waals surface area contributed by atoms with Gasteiger partial charge in [-0.1, -0.05) is 29.8 Å². The van der Waals surface area contributed by atoms with Gasteiger partial charge in [0.15, 0.2) is 0 Å². The van der Waals surface area contributed by atoms with E-state index in [4.69, 9.17) is 17.0 Å². The number of carbonyl (C=O) groups is 1. The van der Waals surface area contributed by atoms with Gasteiger partial charge in [0.2, 0.25) is 0 Å². The summed E-state index contributed by atoms with van der Waals surface area (Å²) in [5.41, 5.74) is 0.00842. The van der Waals surface area contributed by atoms with Crippen LogP contribution in [0, 0.1) is 5.41 Å². The van der Waals surface area contributed by atoms with Crippen molar-refractivity contribution in [1.29, 1.82) is 5.41 Å². The van der Waals surface area contributed by atoms with Crippen molar-refractivity contribution in [2.45, 2.75) is 12.7 Å². The van der Waals surface area contributed by atoms with Crippen molar-refractivity contribution >= 4 is 28.9 Å². The highest BCUT2D eigenvalue weighted by Crippen LogP contribution is 2.33. The van der Waals surface area contributed by atoms with Gasteiger partial charge < -0.3 is 4.90 Å². The van der Waals surface area contributed by atoms with Gasteiger partial charge in [0, 0.05) is 11.8 Å². The van der Waals surface area contributed by atoms with Crippen LogP contribution >= 0.6 is 11.6 Å². The molecule has 1 aliphatic rings. The summed E-state index contributed by atoms with van der Waals surface area (Å²) in [6.07, 6.45) is -3.85. The number of carbonyl (C=O) groups excluding carboxylic acids is 1. The highest BCUT2D eigenvalue weighted by atomic mass is 35.5. The van der Waals surface area contributed by atoms with Gasteiger partial charge in [0.1, 0.15) is 5.71 Å². The molecule has 1 N–H and O–H groups in total. The molecule has 0 fully saturated rings. The fraction of sp³-hybridized carbons (Fsp3) is 0.133. The predicted molar refractivity (Wildman–Crippen MR) is 78.7 cm³/mol. The zero-order valence-electron chi connectivity index (χ0n) is 11.5. The maximum atomic E-state index is 12.6. The molecule has 0 unspecified atom stereocenters. The van der Waals surface area contributed by atoms with Crippen LogP contribution in [-0.2, 0) is 17.5 Å². The van der Waals surface area contributed by atoms with Crippen LogP contribution in [0.5, 0.6) is 0 Å². The van der Waals surface area contributed by atoms with E-state index in [1.807, 2.05) is 0 Å². The largest absolute Gasteiger partial charge is 0.417 e. The van der Waals surface area contributed by atoms with E-state index in [2.05, 4.69) is 4.98 Å². The van der Waals surface area contributed by atoms with Crippen LogP contribution in [-0.4, -0.2) is 16.6 Å². The average Bonchev–Trinajstić information content (AvgIpc) is 2.73. The topological polar surface area (TPSA) is 57.1 Å². The van der Waals surface area contributed by atoms with Crippen LogP contribution in [0.4, 0.5) is 18.9 Å². The van der Waals surface area contributed by atoms with Crippen molar-refractivity contribution in [2.75, 3.05) is 4.90 Å². The van der Waals surface area contributed by atoms with Crippen LogP contribution < -0.4 is 4.90 Å². The average molecular weight is 340 g/mol. The summed E-state index contributed by atoms with van der Waals surface area (Å²) in [6.45, 7) is -0.102. The summed E-state index contributed by atoms with van der Waals surface area (Å²) >= 11 is 5.87. The second-order valence-corrected chi connectivity index (χ2v) is 5.34. The van der Waals surface area contributed by atoms with Crippen LogP contribution in [0.1, 0.15) is 16.8 Å². The van der Waals surface area contributed by atoms with Crippen molar-refractivity contribution in [2.24, 2.45) is 0 Å². The number of amides is 1. The normalized spacial score (nSPS) is 14.3. The minimum absolute atomic E-state index is 0.102. The Kier molecular flexibility index (Phi) is 3.60. The molecule has 1 aliphatic heterocycles. The lowest BCUT2D eigenvalue weighted by Crippen LogP contribution is -2.29. The number of halogens is 4. The van der Waals surface area contributed by atoms with Crippen molar-refractivity contribution in [3.63, 3.8) is 0 Å². The maximum Gasteiger partial charge on any atom is 0.417 e. The number of anilines is 1. The second kappa shape index (κ2) is 5.34. The van der Waals surface area contributed by atoms with Gasteiger partial charge in [-0.15, -0.1) is 0 Å². The molecule has 3 rings (SSSR count). The molecule has 1 aromatic heterocycles. The second-order valence-electron chi connectivity index (χ2n) is 4.93. The number of alkyl halides is 3. The zero-order chi connectivity index (χ0) is 16.8. The smallest absolute Gasteiger partial charge is 0.300 e. The van der Waals surface area contributed by atoms with E-state index < -0.39 is 17.6 Å². The lowest BCUT2D eigenvalue weighted by atomic mass is 10.1. The third kappa shape index (κ3) is 2.68. The maximum absolute atomic E-state index is 12.6. The number of nitrogens with one attached hydrogen (secondary N) is 1. The van der Waals surface area contributed by atoms with E-state index in [1.54, 1.807) is 24.3 Å². The Morgan fingerprint density at radius 3 is 2.61 bits per heavy atom. The molecule has 0 atom stereocenters. The van der Waals surface area contributed by atoms with E-state index in [9.17, 15) is 18.0 Å². The van der Waals surface area contributed by atoms with Gasteiger partial charge in [-0.2, -0.15) is 13.2 Å². The van der Waals surface area contributed by atoms with E-state index in [1.165, 1.54) is 4.90 Å². The van der Waals surface area contributed by atoms with Gasteiger partial charge in [-0.05, 0) is 12.1 Å². The first-order chi connectivity index (χ1) is 10.8. The van der Waals surface area contributed by atoms with E-state index in [0.29, 0.717) is 17.4 Å². The molecular weight excluding hydrogens is 331 g/mol. The fourth-order valence-corrected chi connectivity index (χ4v) is 2.55. The summed E-state index contributed by atoms with van der Waals surface area (Å²) < 4.78 is 37.9. The Labute approximate surface area is 134 Å². The highest BCUT2D eigenvalue weighted by Gasteiger charge is 2.34. The number of hydrogen-bond acceptors (Lipinski definition) is 3. The number of fused-ring (bicyclic) bond motifs is 1. The molecule has 0 aliphatic carbocycles. The van der Waals surface area contributed by atoms with Crippen LogP contribution in [0.3, 0.4) is 0 Å². The van der Waals surface area contributed by atoms with Gasteiger partial charge >= 0.3 is 6.18 Å². The van der Waals surface area contributed by atoms with Gasteiger partial charge in [0.25, 0.3) is 5.91 Å². The lowest BCUT2D eigenvalue weighted by Gasteiger charge is -2.17. The molecule has 2 heterocycles. The number of nitrogens with zero attached hydrogens (tertiary/aromatic N) is 2. The molecule has 1 amide bonds. The number of rotatable bonds is 2. The monoisotopic (exact) mass is 339 g/mol. The van der Waals surface area contributed by atoms with Crippen LogP contribution in [0.15, 0.2) is 36.5 Å². The molecule has 8 heteroatoms. The molecule has 0 spiro atoms. The molecule has 0 saturated carbocycles. The molecule has 23 heavy (non-hydrogen) atoms. The van der Waals surface area contributed by atoms with Gasteiger partial charge in [-0.25, -0.2) is 0 Å². The Morgan fingerprint density at radius 2 is 1.96 bits per heavy atom. The van der Waals surface area contributed by atoms with Crippen LogP contribution in [0.2, 0.25) is 5.02 Å². The standard InChI is InChI=1S/C15H9ClF3N3O/c16-10-5-8(15(17,18)19)6-21-11(10)7-22-12-4-2-1-3-9(12)13(20)14(22)23/h1-6,20H,7H2. The van der Waals surface area contributed by atoms with Gasteiger partial charge in [0.05, 0.1) is 28.5 Å². The first-order valence-corrected chi connectivity index (χ1v) is 6.88. The molecule has 4 nitrogen and oxygen atoms in total. The summed E-state index contributed by atoms with van der Waals surface area (Å²) in [4.78, 5) is 17.2. The van der Waals surface area contributed by atoms with Crippen molar-refractivity contribution in [1.82, 2.24) is 4.98 Å². The number of para-hydroxylation sites is 1. The first-order valence-electron chi connectivity index (χ1n) is 6.50. The Bertz CT molecular complexity index is 820. The van der Waals surface area contributed by atoms with Crippen molar-refractivity contribution in [3.8, 4) is 0 Å². The third-order valence-corrected chi connectivity index (χ3v) is 3.80. The van der Waals surface area contributed by atoms with E-state index >= 15 is 0 Å². The van der Waals surface area contributed by atoms with E-state index in [0.717, 1.165) is 6.07 Å². The molecule has 2 aromatic rings. The molecule has 1 aromatic carbocycles. The third-order valence-electron chi connectivity index (χ3n) is 3.48. The summed E-state index contributed by atoms with van der Waals surface area (Å²) in [5.74, 6) is -0.538. The first kappa shape index (κ1) is 15.5. The zero-order valence-corrected chi connectivity index (χ0v) is 12.2. The quantitative estimate of drug-likeness (QED) is 0.907. The number of pyridine rings is 1. The molecule has 0 bridgehead atoms. The Hall–Kier alpha value is -2.41. The lowest BCUT2D eigenvalue weighted by molar-refractivity contribution is -0.137. The SMILES string of the molecule is N=C1C(=O)N(Cc2ncc(C(F)(F)F)cc2Cl)c2ccccc21. The Morgan fingerprint density at radius 1 is 1.26 bits per heavy atom. The minimum atomic E-state index is -4.53. The van der Waals surface area contributed by atoms with Crippen LogP contribution in [0.25, 0.3) is 0 Å².